The van der Waals surface area contributed by atoms with Crippen LogP contribution in [-0.2, 0) is 6.54 Å². The Labute approximate surface area is 185 Å². The predicted molar refractivity (Wildman–Crippen MR) is 124 cm³/mol. The highest BCUT2D eigenvalue weighted by molar-refractivity contribution is 7.18. The van der Waals surface area contributed by atoms with Crippen LogP contribution in [0.2, 0.25) is 0 Å². The summed E-state index contributed by atoms with van der Waals surface area (Å²) < 4.78 is 3.24. The quantitative estimate of drug-likeness (QED) is 0.376. The van der Waals surface area contributed by atoms with Gasteiger partial charge in [-0.3, -0.25) is 9.69 Å². The van der Waals surface area contributed by atoms with Crippen LogP contribution in [0.5, 0.6) is 0 Å². The monoisotopic (exact) mass is 428 g/mol. The van der Waals surface area contributed by atoms with Crippen molar-refractivity contribution in [1.82, 2.24) is 14.5 Å². The molecule has 0 N–H and O–H groups in total. The van der Waals surface area contributed by atoms with Crippen molar-refractivity contribution in [2.24, 2.45) is 0 Å². The molecule has 1 atom stereocenters. The van der Waals surface area contributed by atoms with Crippen molar-refractivity contribution < 1.29 is 4.79 Å². The summed E-state index contributed by atoms with van der Waals surface area (Å²) in [6.07, 6.45) is 5.67. The van der Waals surface area contributed by atoms with Crippen LogP contribution in [0, 0.1) is 11.3 Å². The number of Topliss-reactive ketones (excluding diaryl/α,β-unsaturated/α-hetero) is 1. The minimum absolute atomic E-state index is 0.139. The molecule has 0 aliphatic carbocycles. The number of ketones is 1. The van der Waals surface area contributed by atoms with Crippen LogP contribution in [0.25, 0.3) is 21.1 Å². The van der Waals surface area contributed by atoms with Crippen molar-refractivity contribution in [2.75, 3.05) is 13.1 Å². The zero-order valence-corrected chi connectivity index (χ0v) is 18.1. The van der Waals surface area contributed by atoms with Crippen molar-refractivity contribution in [3.63, 3.8) is 0 Å². The number of aryl methyl sites for hydroxylation is 1. The Morgan fingerprint density at radius 3 is 2.87 bits per heavy atom. The van der Waals surface area contributed by atoms with Crippen LogP contribution in [0.1, 0.15) is 47.1 Å². The summed E-state index contributed by atoms with van der Waals surface area (Å²) in [6.45, 7) is 1.91. The van der Waals surface area contributed by atoms with Gasteiger partial charge in [-0.05, 0) is 37.6 Å². The minimum Gasteiger partial charge on any atom is -0.346 e. The van der Waals surface area contributed by atoms with Gasteiger partial charge in [0.05, 0.1) is 35.3 Å². The molecule has 2 aromatic carbocycles. The Bertz CT molecular complexity index is 1250. The molecule has 1 unspecified atom stereocenters. The summed E-state index contributed by atoms with van der Waals surface area (Å²) in [7, 11) is 0. The summed E-state index contributed by atoms with van der Waals surface area (Å²) in [4.78, 5) is 20.6. The molecular weight excluding hydrogens is 404 g/mol. The van der Waals surface area contributed by atoms with Crippen molar-refractivity contribution in [3.8, 4) is 6.07 Å². The minimum atomic E-state index is 0.139. The van der Waals surface area contributed by atoms with Gasteiger partial charge < -0.3 is 4.57 Å². The molecule has 1 saturated heterocycles. The van der Waals surface area contributed by atoms with Crippen LogP contribution in [0.3, 0.4) is 0 Å². The zero-order valence-electron chi connectivity index (χ0n) is 17.3. The molecule has 5 nitrogen and oxygen atoms in total. The Balaban J connectivity index is 1.43. The van der Waals surface area contributed by atoms with Crippen LogP contribution in [0.4, 0.5) is 0 Å². The first-order valence-corrected chi connectivity index (χ1v) is 11.6. The van der Waals surface area contributed by atoms with E-state index in [9.17, 15) is 4.79 Å². The lowest BCUT2D eigenvalue weighted by Crippen LogP contribution is -2.37. The molecule has 0 amide bonds. The lowest BCUT2D eigenvalue weighted by atomic mass is 10.0. The van der Waals surface area contributed by atoms with Gasteiger partial charge in [-0.25, -0.2) is 4.98 Å². The van der Waals surface area contributed by atoms with Gasteiger partial charge in [-0.2, -0.15) is 5.26 Å². The van der Waals surface area contributed by atoms with Gasteiger partial charge in [-0.15, -0.1) is 11.3 Å². The third-order valence-corrected chi connectivity index (χ3v) is 7.25. The summed E-state index contributed by atoms with van der Waals surface area (Å²) in [6, 6.07) is 18.6. The third-order valence-electron chi connectivity index (χ3n) is 6.11. The van der Waals surface area contributed by atoms with E-state index in [0.29, 0.717) is 19.5 Å². The van der Waals surface area contributed by atoms with Gasteiger partial charge in [0.25, 0.3) is 0 Å². The number of nitrogens with zero attached hydrogens (tertiary/aromatic N) is 4. The lowest BCUT2D eigenvalue weighted by Gasteiger charge is -2.33. The van der Waals surface area contributed by atoms with Gasteiger partial charge in [0.1, 0.15) is 5.01 Å². The number of thiazole rings is 1. The average Bonchev–Trinajstić information content (AvgIpc) is 3.40. The highest BCUT2D eigenvalue weighted by atomic mass is 32.1. The maximum Gasteiger partial charge on any atom is 0.178 e. The number of likely N-dealkylation sites (tertiary alicyclic amines) is 1. The number of aromatic nitrogens is 2. The SMILES string of the molecule is N#CCCn1cc(C(=O)CN2CCCCC2c2nc3ccccc3s2)c2ccccc21. The Hall–Kier alpha value is -3.01. The number of piperidine rings is 1. The molecule has 1 fully saturated rings. The molecule has 0 saturated carbocycles. The molecule has 0 spiro atoms. The van der Waals surface area contributed by atoms with Gasteiger partial charge in [0, 0.05) is 29.2 Å². The molecule has 31 heavy (non-hydrogen) atoms. The molecule has 3 heterocycles. The van der Waals surface area contributed by atoms with E-state index in [1.54, 1.807) is 11.3 Å². The smallest absolute Gasteiger partial charge is 0.178 e. The molecule has 4 aromatic rings. The molecule has 2 aromatic heterocycles. The van der Waals surface area contributed by atoms with Gasteiger partial charge in [0.15, 0.2) is 5.78 Å². The number of hydrogen-bond donors (Lipinski definition) is 0. The fraction of sp³-hybridized carbons (Fsp3) is 0.320. The first-order chi connectivity index (χ1) is 15.2. The van der Waals surface area contributed by atoms with Crippen LogP contribution >= 0.6 is 11.3 Å². The van der Waals surface area contributed by atoms with E-state index in [2.05, 4.69) is 29.2 Å². The molecule has 5 rings (SSSR count). The predicted octanol–water partition coefficient (Wildman–Crippen LogP) is 5.57. The summed E-state index contributed by atoms with van der Waals surface area (Å²) in [5, 5.41) is 11.1. The van der Waals surface area contributed by atoms with E-state index >= 15 is 0 Å². The van der Waals surface area contributed by atoms with Crippen molar-refractivity contribution in [2.45, 2.75) is 38.3 Å². The number of benzene rings is 2. The number of carbonyl (C=O) groups is 1. The molecule has 0 radical (unpaired) electrons. The van der Waals surface area contributed by atoms with E-state index in [4.69, 9.17) is 10.2 Å². The first kappa shape index (κ1) is 19.9. The van der Waals surface area contributed by atoms with Crippen molar-refractivity contribution in [1.29, 1.82) is 5.26 Å². The fourth-order valence-electron chi connectivity index (χ4n) is 4.59. The standard InChI is InChI=1S/C25H24N4OS/c26-13-7-15-28-16-19(18-8-1-3-10-21(18)28)23(30)17-29-14-6-5-11-22(29)25-27-20-9-2-4-12-24(20)31-25/h1-4,8-10,12,16,22H,5-7,11,14-15,17H2. The van der Waals surface area contributed by atoms with Crippen molar-refractivity contribution >= 4 is 38.2 Å². The second kappa shape index (κ2) is 8.62. The van der Waals surface area contributed by atoms with Crippen LogP contribution < -0.4 is 0 Å². The Kier molecular flexibility index (Phi) is 5.54. The molecule has 156 valence electrons. The van der Waals surface area contributed by atoms with Crippen LogP contribution in [0.15, 0.2) is 54.7 Å². The van der Waals surface area contributed by atoms with Crippen molar-refractivity contribution in [3.05, 3.63) is 65.3 Å². The second-order valence-corrected chi connectivity index (χ2v) is 9.15. The molecule has 1 aliphatic heterocycles. The molecule has 0 bridgehead atoms. The van der Waals surface area contributed by atoms with Gasteiger partial charge >= 0.3 is 0 Å². The summed E-state index contributed by atoms with van der Waals surface area (Å²) in [5.74, 6) is 0.139. The van der Waals surface area contributed by atoms with E-state index in [1.807, 2.05) is 41.1 Å². The first-order valence-electron chi connectivity index (χ1n) is 10.8. The average molecular weight is 429 g/mol. The van der Waals surface area contributed by atoms with E-state index in [-0.39, 0.29) is 11.8 Å². The molecule has 6 heteroatoms. The van der Waals surface area contributed by atoms with Gasteiger partial charge in [0.2, 0.25) is 0 Å². The largest absolute Gasteiger partial charge is 0.346 e. The van der Waals surface area contributed by atoms with Gasteiger partial charge in [-0.1, -0.05) is 36.8 Å². The summed E-state index contributed by atoms with van der Waals surface area (Å²) >= 11 is 1.75. The maximum absolute atomic E-state index is 13.4. The van der Waals surface area contributed by atoms with E-state index in [1.165, 1.54) is 11.1 Å². The number of nitriles is 1. The van der Waals surface area contributed by atoms with E-state index < -0.39 is 0 Å². The zero-order chi connectivity index (χ0) is 21.2. The summed E-state index contributed by atoms with van der Waals surface area (Å²) in [5.41, 5.74) is 2.81. The van der Waals surface area contributed by atoms with Crippen LogP contribution in [-0.4, -0.2) is 33.3 Å². The normalized spacial score (nSPS) is 17.2. The lowest BCUT2D eigenvalue weighted by molar-refractivity contribution is 0.0844. The Morgan fingerprint density at radius 1 is 1.16 bits per heavy atom. The topological polar surface area (TPSA) is 61.9 Å². The third kappa shape index (κ3) is 3.87. The van der Waals surface area contributed by atoms with E-state index in [0.717, 1.165) is 46.4 Å². The maximum atomic E-state index is 13.4. The number of rotatable bonds is 6. The Morgan fingerprint density at radius 2 is 2.00 bits per heavy atom. The fourth-order valence-corrected chi connectivity index (χ4v) is 5.72. The number of hydrogen-bond acceptors (Lipinski definition) is 5. The number of para-hydroxylation sites is 2. The number of carbonyl (C=O) groups excluding carboxylic acids is 1. The molecular formula is C25H24N4OS. The molecule has 1 aliphatic rings. The highest BCUT2D eigenvalue weighted by Gasteiger charge is 2.29. The highest BCUT2D eigenvalue weighted by Crippen LogP contribution is 2.36. The number of fused-ring (bicyclic) bond motifs is 2. The second-order valence-electron chi connectivity index (χ2n) is 8.09.